The normalized spacial score (nSPS) is 10.2. The Hall–Kier alpha value is -3.88. The molecule has 0 radical (unpaired) electrons. The molecule has 1 N–H and O–H groups in total. The predicted octanol–water partition coefficient (Wildman–Crippen LogP) is 2.72. The van der Waals surface area contributed by atoms with Crippen LogP contribution < -0.4 is 14.2 Å². The van der Waals surface area contributed by atoms with Gasteiger partial charge in [-0.05, 0) is 35.4 Å². The maximum Gasteiger partial charge on any atom is 0.308 e. The van der Waals surface area contributed by atoms with Crippen molar-refractivity contribution < 1.29 is 38.5 Å². The van der Waals surface area contributed by atoms with Gasteiger partial charge in [-0.25, -0.2) is 0 Å². The molecular weight excluding hydrogens is 406 g/mol. The van der Waals surface area contributed by atoms with Gasteiger partial charge in [0.15, 0.2) is 23.0 Å². The Kier molecular flexibility index (Phi) is 7.73. The van der Waals surface area contributed by atoms with Gasteiger partial charge in [-0.1, -0.05) is 12.1 Å². The van der Waals surface area contributed by atoms with Crippen molar-refractivity contribution >= 4 is 23.8 Å². The fourth-order valence-corrected chi connectivity index (χ4v) is 2.75. The van der Waals surface area contributed by atoms with Crippen molar-refractivity contribution in [3.8, 4) is 23.0 Å². The van der Waals surface area contributed by atoms with Crippen LogP contribution in [0.25, 0.3) is 0 Å². The molecule has 9 heteroatoms. The standard InChI is InChI=1S/C22H23NO8/c1-13(24)23(11-17-5-7-20(19(28)9-17)29-14(2)25)12-18-6-8-21(30-15(3)26)22(10-18)31-16(4)27/h5-10,28H,11-12H2,1-4H3. The van der Waals surface area contributed by atoms with Crippen LogP contribution in [0.15, 0.2) is 36.4 Å². The molecule has 9 nitrogen and oxygen atoms in total. The number of rotatable bonds is 7. The van der Waals surface area contributed by atoms with Crippen LogP contribution in [0, 0.1) is 0 Å². The monoisotopic (exact) mass is 429 g/mol. The van der Waals surface area contributed by atoms with Crippen LogP contribution >= 0.6 is 0 Å². The fourth-order valence-electron chi connectivity index (χ4n) is 2.75. The number of hydrogen-bond donors (Lipinski definition) is 1. The second kappa shape index (κ2) is 10.2. The Balaban J connectivity index is 2.24. The maximum absolute atomic E-state index is 12.2. The van der Waals surface area contributed by atoms with Gasteiger partial charge in [-0.15, -0.1) is 0 Å². The van der Waals surface area contributed by atoms with Gasteiger partial charge in [0.05, 0.1) is 0 Å². The quantitative estimate of drug-likeness (QED) is 0.527. The number of hydrogen-bond acceptors (Lipinski definition) is 8. The number of phenols is 1. The Bertz CT molecular complexity index is 1010. The van der Waals surface area contributed by atoms with Crippen molar-refractivity contribution in [1.29, 1.82) is 0 Å². The number of carbonyl (C=O) groups is 4. The van der Waals surface area contributed by atoms with E-state index in [9.17, 15) is 24.3 Å². The minimum Gasteiger partial charge on any atom is -0.504 e. The van der Waals surface area contributed by atoms with E-state index in [0.717, 1.165) is 0 Å². The van der Waals surface area contributed by atoms with Gasteiger partial charge in [0.1, 0.15) is 0 Å². The zero-order valence-electron chi connectivity index (χ0n) is 17.6. The lowest BCUT2D eigenvalue weighted by atomic mass is 10.1. The molecule has 0 heterocycles. The summed E-state index contributed by atoms with van der Waals surface area (Å²) < 4.78 is 15.0. The predicted molar refractivity (Wildman–Crippen MR) is 108 cm³/mol. The van der Waals surface area contributed by atoms with E-state index < -0.39 is 17.9 Å². The molecule has 0 aliphatic carbocycles. The van der Waals surface area contributed by atoms with E-state index in [1.54, 1.807) is 12.1 Å². The molecule has 31 heavy (non-hydrogen) atoms. The second-order valence-electron chi connectivity index (χ2n) is 6.74. The van der Waals surface area contributed by atoms with E-state index >= 15 is 0 Å². The minimum absolute atomic E-state index is 0.0257. The number of nitrogens with zero attached hydrogens (tertiary/aromatic N) is 1. The van der Waals surface area contributed by atoms with Crippen LogP contribution in [0.2, 0.25) is 0 Å². The van der Waals surface area contributed by atoms with Crippen molar-refractivity contribution in [2.45, 2.75) is 40.8 Å². The average molecular weight is 429 g/mol. The number of carbonyl (C=O) groups excluding carboxylic acids is 4. The van der Waals surface area contributed by atoms with Crippen molar-refractivity contribution in [1.82, 2.24) is 4.90 Å². The first-order valence-electron chi connectivity index (χ1n) is 9.30. The Labute approximate surface area is 179 Å². The summed E-state index contributed by atoms with van der Waals surface area (Å²) in [6.07, 6.45) is 0. The maximum atomic E-state index is 12.2. The van der Waals surface area contributed by atoms with E-state index in [1.165, 1.54) is 56.9 Å². The third-order valence-electron chi connectivity index (χ3n) is 3.98. The van der Waals surface area contributed by atoms with Crippen molar-refractivity contribution in [3.63, 3.8) is 0 Å². The van der Waals surface area contributed by atoms with E-state index in [-0.39, 0.29) is 42.0 Å². The highest BCUT2D eigenvalue weighted by atomic mass is 16.6. The molecule has 164 valence electrons. The molecule has 0 aliphatic heterocycles. The van der Waals surface area contributed by atoms with E-state index in [4.69, 9.17) is 14.2 Å². The lowest BCUT2D eigenvalue weighted by Crippen LogP contribution is -2.27. The highest BCUT2D eigenvalue weighted by Crippen LogP contribution is 2.30. The molecule has 0 fully saturated rings. The molecule has 0 unspecified atom stereocenters. The highest BCUT2D eigenvalue weighted by molar-refractivity contribution is 5.75. The number of esters is 3. The molecule has 0 aliphatic rings. The van der Waals surface area contributed by atoms with Crippen molar-refractivity contribution in [3.05, 3.63) is 47.5 Å². The van der Waals surface area contributed by atoms with Gasteiger partial charge in [-0.2, -0.15) is 0 Å². The molecule has 0 saturated heterocycles. The summed E-state index contributed by atoms with van der Waals surface area (Å²) in [6, 6.07) is 9.10. The lowest BCUT2D eigenvalue weighted by molar-refractivity contribution is -0.134. The number of ether oxygens (including phenoxy) is 3. The molecule has 0 aromatic heterocycles. The van der Waals surface area contributed by atoms with E-state index in [0.29, 0.717) is 11.1 Å². The van der Waals surface area contributed by atoms with Crippen LogP contribution in [0.5, 0.6) is 23.0 Å². The summed E-state index contributed by atoms with van der Waals surface area (Å²) in [4.78, 5) is 47.3. The van der Waals surface area contributed by atoms with Crippen LogP contribution in [0.3, 0.4) is 0 Å². The summed E-state index contributed by atoms with van der Waals surface area (Å²) in [5, 5.41) is 10.0. The SMILES string of the molecule is CC(=O)Oc1ccc(CN(Cc2ccc(OC(C)=O)c(OC(C)=O)c2)C(C)=O)cc1O. The largest absolute Gasteiger partial charge is 0.504 e. The zero-order valence-corrected chi connectivity index (χ0v) is 17.6. The first kappa shape index (κ1) is 23.4. The van der Waals surface area contributed by atoms with Gasteiger partial charge >= 0.3 is 17.9 Å². The average Bonchev–Trinajstić information content (AvgIpc) is 2.64. The molecule has 2 aromatic rings. The highest BCUT2D eigenvalue weighted by Gasteiger charge is 2.16. The summed E-state index contributed by atoms with van der Waals surface area (Å²) in [7, 11) is 0. The summed E-state index contributed by atoms with van der Waals surface area (Å²) in [6.45, 7) is 5.40. The summed E-state index contributed by atoms with van der Waals surface area (Å²) >= 11 is 0. The summed E-state index contributed by atoms with van der Waals surface area (Å²) in [5.74, 6) is -1.99. The molecule has 0 spiro atoms. The van der Waals surface area contributed by atoms with E-state index in [1.807, 2.05) is 0 Å². The molecule has 2 aromatic carbocycles. The van der Waals surface area contributed by atoms with Gasteiger partial charge < -0.3 is 24.2 Å². The molecule has 0 bridgehead atoms. The summed E-state index contributed by atoms with van der Waals surface area (Å²) in [5.41, 5.74) is 1.24. The van der Waals surface area contributed by atoms with Crippen molar-refractivity contribution in [2.24, 2.45) is 0 Å². The molecular formula is C22H23NO8. The molecule has 1 amide bonds. The van der Waals surface area contributed by atoms with Crippen molar-refractivity contribution in [2.75, 3.05) is 0 Å². The van der Waals surface area contributed by atoms with Gasteiger partial charge in [-0.3, -0.25) is 19.2 Å². The van der Waals surface area contributed by atoms with Crippen LogP contribution in [-0.4, -0.2) is 33.8 Å². The molecule has 0 atom stereocenters. The van der Waals surface area contributed by atoms with Gasteiger partial charge in [0.2, 0.25) is 5.91 Å². The van der Waals surface area contributed by atoms with E-state index in [2.05, 4.69) is 0 Å². The van der Waals surface area contributed by atoms with Gasteiger partial charge in [0.25, 0.3) is 0 Å². The number of phenolic OH excluding ortho intramolecular Hbond substituents is 1. The third kappa shape index (κ3) is 7.14. The number of benzene rings is 2. The van der Waals surface area contributed by atoms with Crippen LogP contribution in [0.4, 0.5) is 0 Å². The Morgan fingerprint density at radius 1 is 0.710 bits per heavy atom. The second-order valence-corrected chi connectivity index (χ2v) is 6.74. The van der Waals surface area contributed by atoms with Crippen LogP contribution in [0.1, 0.15) is 38.8 Å². The van der Waals surface area contributed by atoms with Crippen LogP contribution in [-0.2, 0) is 32.3 Å². The zero-order chi connectivity index (χ0) is 23.1. The lowest BCUT2D eigenvalue weighted by Gasteiger charge is -2.22. The number of aromatic hydroxyl groups is 1. The third-order valence-corrected chi connectivity index (χ3v) is 3.98. The molecule has 2 rings (SSSR count). The molecule has 0 saturated carbocycles. The first-order chi connectivity index (χ1) is 14.5. The Morgan fingerprint density at radius 2 is 1.16 bits per heavy atom. The minimum atomic E-state index is -0.586. The topological polar surface area (TPSA) is 119 Å². The smallest absolute Gasteiger partial charge is 0.308 e. The fraction of sp³-hybridized carbons (Fsp3) is 0.273. The number of amides is 1. The Morgan fingerprint density at radius 3 is 1.65 bits per heavy atom. The first-order valence-corrected chi connectivity index (χ1v) is 9.30. The van der Waals surface area contributed by atoms with Gasteiger partial charge in [0, 0.05) is 40.8 Å².